The monoisotopic (exact) mass is 452 g/mol. The summed E-state index contributed by atoms with van der Waals surface area (Å²) >= 11 is 6.31. The van der Waals surface area contributed by atoms with Gasteiger partial charge in [0.2, 0.25) is 0 Å². The van der Waals surface area contributed by atoms with E-state index in [1.54, 1.807) is 13.0 Å². The van der Waals surface area contributed by atoms with Gasteiger partial charge in [-0.05, 0) is 25.1 Å². The van der Waals surface area contributed by atoms with Gasteiger partial charge in [0, 0.05) is 5.56 Å². The maximum atomic E-state index is 14.1. The van der Waals surface area contributed by atoms with Crippen molar-refractivity contribution in [1.29, 1.82) is 0 Å². The molecule has 0 aliphatic carbocycles. The van der Waals surface area contributed by atoms with E-state index in [1.807, 2.05) is 0 Å². The molecule has 11 heteroatoms. The second-order valence-electron chi connectivity index (χ2n) is 7.55. The van der Waals surface area contributed by atoms with Gasteiger partial charge in [-0.3, -0.25) is 0 Å². The minimum Gasteiger partial charge on any atom is -0.456 e. The molecule has 0 spiro atoms. The molecule has 0 bridgehead atoms. The number of imidazole rings is 1. The lowest BCUT2D eigenvalue weighted by Gasteiger charge is -2.17. The zero-order valence-electron chi connectivity index (χ0n) is 16.3. The molecule has 2 saturated heterocycles. The number of aliphatic hydroxyl groups excluding tert-OH is 1. The average Bonchev–Trinajstić information content (AvgIpc) is 3.39. The van der Waals surface area contributed by atoms with Crippen LogP contribution in [0, 0.1) is 11.6 Å². The smallest absolute Gasteiger partial charge is 0.296 e. The molecule has 2 aliphatic heterocycles. The molecule has 3 N–H and O–H groups in total. The number of nitrogens with one attached hydrogen (secondary N) is 2. The molecule has 0 saturated carbocycles. The van der Waals surface area contributed by atoms with Crippen molar-refractivity contribution >= 4 is 28.6 Å². The van der Waals surface area contributed by atoms with Crippen molar-refractivity contribution in [2.45, 2.75) is 37.4 Å². The first kappa shape index (κ1) is 20.4. The van der Waals surface area contributed by atoms with E-state index >= 15 is 0 Å². The van der Waals surface area contributed by atoms with Gasteiger partial charge in [-0.2, -0.15) is 4.98 Å². The predicted molar refractivity (Wildman–Crippen MR) is 107 cm³/mol. The van der Waals surface area contributed by atoms with Crippen LogP contribution >= 0.6 is 11.6 Å². The first-order valence-electron chi connectivity index (χ1n) is 9.75. The summed E-state index contributed by atoms with van der Waals surface area (Å²) in [4.78, 5) is 11.7. The molecule has 5 rings (SSSR count). The molecule has 2 aromatic heterocycles. The number of fused-ring (bicyclic) bond motifs is 2. The summed E-state index contributed by atoms with van der Waals surface area (Å²) in [5.41, 5.74) is 0.727. The Morgan fingerprint density at radius 1 is 1.23 bits per heavy atom. The second-order valence-corrected chi connectivity index (χ2v) is 7.96. The number of anilines is 1. The Hall–Kier alpha value is -2.53. The van der Waals surface area contributed by atoms with Gasteiger partial charge in [0.05, 0.1) is 29.8 Å². The standard InChI is InChI=1S/C20H19ClF2N4O4/c1-8(15-10(22)3-2-4-11(15)23)24-18-9(21)5-12-19(26-18)27-20(25-12)31-14-7-30-16-13(28)6-29-17(14)16/h2-5,8,13-14,16-17,28H,6-7H2,1H3,(H2,24,25,26,27)/t8-,13-,14-,16-,17?/m1/s1. The summed E-state index contributed by atoms with van der Waals surface area (Å²) in [5.74, 6) is -1.10. The van der Waals surface area contributed by atoms with Gasteiger partial charge in [-0.15, -0.1) is 0 Å². The number of aliphatic hydroxyl groups is 1. The van der Waals surface area contributed by atoms with E-state index < -0.39 is 36.0 Å². The van der Waals surface area contributed by atoms with Crippen LogP contribution in [0.1, 0.15) is 18.5 Å². The number of rotatable bonds is 5. The highest BCUT2D eigenvalue weighted by atomic mass is 35.5. The van der Waals surface area contributed by atoms with E-state index in [0.29, 0.717) is 11.2 Å². The second kappa shape index (κ2) is 7.86. The number of H-pyrrole nitrogens is 1. The molecule has 1 aromatic carbocycles. The Morgan fingerprint density at radius 3 is 2.74 bits per heavy atom. The van der Waals surface area contributed by atoms with E-state index in [0.717, 1.165) is 0 Å². The fourth-order valence-electron chi connectivity index (χ4n) is 3.94. The van der Waals surface area contributed by atoms with Crippen LogP contribution in [0.15, 0.2) is 24.3 Å². The topological polar surface area (TPSA) is 102 Å². The van der Waals surface area contributed by atoms with Gasteiger partial charge in [-0.25, -0.2) is 13.8 Å². The summed E-state index contributed by atoms with van der Waals surface area (Å²) in [6.45, 7) is 2.06. The van der Waals surface area contributed by atoms with E-state index in [4.69, 9.17) is 25.8 Å². The first-order valence-corrected chi connectivity index (χ1v) is 10.1. The molecule has 8 nitrogen and oxygen atoms in total. The third-order valence-corrected chi connectivity index (χ3v) is 5.72. The highest BCUT2D eigenvalue weighted by Crippen LogP contribution is 2.32. The largest absolute Gasteiger partial charge is 0.456 e. The third kappa shape index (κ3) is 3.69. The first-order chi connectivity index (χ1) is 14.9. The highest BCUT2D eigenvalue weighted by molar-refractivity contribution is 6.33. The molecule has 164 valence electrons. The number of hydrogen-bond acceptors (Lipinski definition) is 7. The van der Waals surface area contributed by atoms with Crippen molar-refractivity contribution < 1.29 is 28.1 Å². The zero-order chi connectivity index (χ0) is 21.7. The summed E-state index contributed by atoms with van der Waals surface area (Å²) in [5, 5.41) is 13.0. The molecular formula is C20H19ClF2N4O4. The Bertz CT molecular complexity index is 1110. The van der Waals surface area contributed by atoms with Gasteiger partial charge >= 0.3 is 0 Å². The van der Waals surface area contributed by atoms with Gasteiger partial charge in [0.15, 0.2) is 11.8 Å². The lowest BCUT2D eigenvalue weighted by atomic mass is 10.1. The Kier molecular flexibility index (Phi) is 5.17. The molecular weight excluding hydrogens is 434 g/mol. The number of aromatic nitrogens is 3. The zero-order valence-corrected chi connectivity index (χ0v) is 17.1. The van der Waals surface area contributed by atoms with Crippen molar-refractivity contribution in [3.05, 3.63) is 46.5 Å². The number of benzene rings is 1. The lowest BCUT2D eigenvalue weighted by molar-refractivity contribution is 0.00706. The van der Waals surface area contributed by atoms with Gasteiger partial charge in [0.25, 0.3) is 6.01 Å². The molecule has 5 atom stereocenters. The molecule has 0 radical (unpaired) electrons. The van der Waals surface area contributed by atoms with Gasteiger partial charge < -0.3 is 29.6 Å². The molecule has 2 fully saturated rings. The Morgan fingerprint density at radius 2 is 1.97 bits per heavy atom. The summed E-state index contributed by atoms with van der Waals surface area (Å²) in [6.07, 6.45) is -1.91. The summed E-state index contributed by atoms with van der Waals surface area (Å²) < 4.78 is 45.1. The highest BCUT2D eigenvalue weighted by Gasteiger charge is 2.48. The number of hydrogen-bond donors (Lipinski definition) is 3. The summed E-state index contributed by atoms with van der Waals surface area (Å²) in [7, 11) is 0. The van der Waals surface area contributed by atoms with Crippen molar-refractivity contribution in [1.82, 2.24) is 15.0 Å². The van der Waals surface area contributed by atoms with Crippen molar-refractivity contribution in [2.24, 2.45) is 0 Å². The van der Waals surface area contributed by atoms with E-state index in [1.165, 1.54) is 18.2 Å². The van der Waals surface area contributed by atoms with E-state index in [9.17, 15) is 13.9 Å². The van der Waals surface area contributed by atoms with Crippen LogP contribution in [0.2, 0.25) is 5.02 Å². The molecule has 2 aliphatic rings. The quantitative estimate of drug-likeness (QED) is 0.547. The molecule has 3 aromatic rings. The molecule has 1 unspecified atom stereocenters. The van der Waals surface area contributed by atoms with Crippen LogP contribution < -0.4 is 10.1 Å². The maximum Gasteiger partial charge on any atom is 0.296 e. The maximum absolute atomic E-state index is 14.1. The number of pyridine rings is 1. The van der Waals surface area contributed by atoms with Crippen LogP contribution in [-0.4, -0.2) is 57.7 Å². The van der Waals surface area contributed by atoms with Crippen LogP contribution in [0.25, 0.3) is 11.2 Å². The minimum atomic E-state index is -0.725. The lowest BCUT2D eigenvalue weighted by Crippen LogP contribution is -2.34. The van der Waals surface area contributed by atoms with Crippen LogP contribution in [0.4, 0.5) is 14.6 Å². The molecule has 4 heterocycles. The molecule has 31 heavy (non-hydrogen) atoms. The van der Waals surface area contributed by atoms with Crippen molar-refractivity contribution in [2.75, 3.05) is 18.5 Å². The molecule has 0 amide bonds. The van der Waals surface area contributed by atoms with Crippen LogP contribution in [0.5, 0.6) is 6.01 Å². The number of ether oxygens (including phenoxy) is 3. The normalized spacial score (nSPS) is 26.2. The van der Waals surface area contributed by atoms with Crippen molar-refractivity contribution in [3.63, 3.8) is 0 Å². The van der Waals surface area contributed by atoms with E-state index in [-0.39, 0.29) is 41.7 Å². The van der Waals surface area contributed by atoms with E-state index in [2.05, 4.69) is 20.3 Å². The third-order valence-electron chi connectivity index (χ3n) is 5.44. The van der Waals surface area contributed by atoms with Crippen LogP contribution in [-0.2, 0) is 9.47 Å². The van der Waals surface area contributed by atoms with Gasteiger partial charge in [0.1, 0.15) is 35.8 Å². The number of aromatic amines is 1. The van der Waals surface area contributed by atoms with Crippen LogP contribution in [0.3, 0.4) is 0 Å². The summed E-state index contributed by atoms with van der Waals surface area (Å²) in [6, 6.07) is 4.76. The average molecular weight is 453 g/mol. The number of halogens is 3. The number of nitrogens with zero attached hydrogens (tertiary/aromatic N) is 2. The van der Waals surface area contributed by atoms with Crippen molar-refractivity contribution in [3.8, 4) is 6.01 Å². The fraction of sp³-hybridized carbons (Fsp3) is 0.400. The predicted octanol–water partition coefficient (Wildman–Crippen LogP) is 2.97. The fourth-order valence-corrected chi connectivity index (χ4v) is 4.15. The Labute approximate surface area is 180 Å². The SMILES string of the molecule is C[C@@H](Nc1nc2nc(O[C@@H]3CO[C@H]4C3OC[C@H]4O)[nH]c2cc1Cl)c1c(F)cccc1F. The van der Waals surface area contributed by atoms with Gasteiger partial charge in [-0.1, -0.05) is 17.7 Å². The Balaban J connectivity index is 1.36. The minimum absolute atomic E-state index is 0.110.